The zero-order chi connectivity index (χ0) is 23.3. The van der Waals surface area contributed by atoms with Gasteiger partial charge in [-0.1, -0.05) is 0 Å². The van der Waals surface area contributed by atoms with Crippen molar-refractivity contribution >= 4 is 33.7 Å². The van der Waals surface area contributed by atoms with Crippen molar-refractivity contribution in [3.05, 3.63) is 47.9 Å². The fraction of sp³-hybridized carbons (Fsp3) is 0.348. The number of methoxy groups -OCH3 is 1. The van der Waals surface area contributed by atoms with Gasteiger partial charge in [-0.2, -0.15) is 9.97 Å². The van der Waals surface area contributed by atoms with E-state index in [2.05, 4.69) is 44.3 Å². The number of nitrogens with zero attached hydrogens (tertiary/aromatic N) is 5. The third-order valence-electron chi connectivity index (χ3n) is 5.71. The first-order valence-corrected chi connectivity index (χ1v) is 10.8. The summed E-state index contributed by atoms with van der Waals surface area (Å²) in [6.07, 6.45) is 3.39. The quantitative estimate of drug-likeness (QED) is 0.487. The van der Waals surface area contributed by atoms with E-state index >= 15 is 4.39 Å². The van der Waals surface area contributed by atoms with Crippen LogP contribution in [0.1, 0.15) is 19.5 Å². The molecule has 0 aliphatic carbocycles. The van der Waals surface area contributed by atoms with Gasteiger partial charge in [0.15, 0.2) is 11.5 Å². The van der Waals surface area contributed by atoms with Crippen LogP contribution in [0, 0.1) is 18.6 Å². The number of piperazine rings is 1. The predicted molar refractivity (Wildman–Crippen MR) is 123 cm³/mol. The van der Waals surface area contributed by atoms with Crippen molar-refractivity contribution in [3.63, 3.8) is 0 Å². The molecule has 1 fully saturated rings. The van der Waals surface area contributed by atoms with Gasteiger partial charge >= 0.3 is 6.01 Å². The first-order valence-electron chi connectivity index (χ1n) is 10.8. The van der Waals surface area contributed by atoms with Gasteiger partial charge in [-0.25, -0.2) is 13.8 Å². The lowest BCUT2D eigenvalue weighted by Crippen LogP contribution is -2.54. The fourth-order valence-electron chi connectivity index (χ4n) is 4.47. The van der Waals surface area contributed by atoms with Gasteiger partial charge in [0.2, 0.25) is 0 Å². The summed E-state index contributed by atoms with van der Waals surface area (Å²) < 4.78 is 36.8. The Morgan fingerprint density at radius 3 is 2.52 bits per heavy atom. The minimum atomic E-state index is -0.497. The second-order valence-corrected chi connectivity index (χ2v) is 8.57. The molecule has 172 valence electrons. The number of fused-ring (bicyclic) bond motifs is 2. The number of anilines is 3. The zero-order valence-corrected chi connectivity index (χ0v) is 18.9. The fourth-order valence-corrected chi connectivity index (χ4v) is 4.47. The van der Waals surface area contributed by atoms with Gasteiger partial charge in [0.05, 0.1) is 29.4 Å². The Balaban J connectivity index is 1.59. The number of hydrogen-bond donors (Lipinski definition) is 2. The van der Waals surface area contributed by atoms with Crippen LogP contribution in [0.15, 0.2) is 30.6 Å². The molecule has 0 spiro atoms. The van der Waals surface area contributed by atoms with E-state index in [1.807, 2.05) is 6.07 Å². The lowest BCUT2D eigenvalue weighted by Gasteiger charge is -2.37. The molecule has 2 atom stereocenters. The van der Waals surface area contributed by atoms with E-state index in [1.54, 1.807) is 23.7 Å². The molecule has 0 bridgehead atoms. The molecule has 8 nitrogen and oxygen atoms in total. The van der Waals surface area contributed by atoms with Gasteiger partial charge in [0, 0.05) is 49.3 Å². The molecule has 10 heteroatoms. The predicted octanol–water partition coefficient (Wildman–Crippen LogP) is 3.80. The maximum Gasteiger partial charge on any atom is 0.318 e. The summed E-state index contributed by atoms with van der Waals surface area (Å²) in [6.45, 7) is 7.50. The summed E-state index contributed by atoms with van der Waals surface area (Å²) in [5.74, 6) is -0.770. The molecule has 3 aromatic heterocycles. The van der Waals surface area contributed by atoms with Crippen LogP contribution in [0.4, 0.5) is 26.0 Å². The topological polar surface area (TPSA) is 79.6 Å². The molecule has 1 saturated heterocycles. The molecule has 1 aliphatic heterocycles. The molecule has 1 aliphatic rings. The first-order chi connectivity index (χ1) is 15.8. The van der Waals surface area contributed by atoms with Crippen molar-refractivity contribution in [1.82, 2.24) is 24.7 Å². The second kappa shape index (κ2) is 8.11. The number of halogens is 2. The maximum absolute atomic E-state index is 15.4. The molecule has 0 saturated carbocycles. The molecule has 0 amide bonds. The van der Waals surface area contributed by atoms with Crippen molar-refractivity contribution in [1.29, 1.82) is 0 Å². The highest BCUT2D eigenvalue weighted by Gasteiger charge is 2.23. The van der Waals surface area contributed by atoms with Gasteiger partial charge in [-0.15, -0.1) is 0 Å². The van der Waals surface area contributed by atoms with Crippen molar-refractivity contribution < 1.29 is 13.5 Å². The minimum absolute atomic E-state index is 0.0867. The van der Waals surface area contributed by atoms with Crippen molar-refractivity contribution in [3.8, 4) is 6.01 Å². The van der Waals surface area contributed by atoms with Gasteiger partial charge in [-0.3, -0.25) is 0 Å². The van der Waals surface area contributed by atoms with Crippen LogP contribution in [-0.4, -0.2) is 51.6 Å². The normalized spacial score (nSPS) is 18.8. The van der Waals surface area contributed by atoms with Crippen LogP contribution >= 0.6 is 0 Å². The van der Waals surface area contributed by atoms with Crippen LogP contribution in [0.5, 0.6) is 6.01 Å². The highest BCUT2D eigenvalue weighted by atomic mass is 19.1. The number of imidazole rings is 1. The number of hydrogen-bond acceptors (Lipinski definition) is 7. The standard InChI is InChI=1S/C23H25F2N7O/c1-12-8-31(9-13(2)26-12)16-6-17(24)20-19(7-16)29-23(33-4)30-21(20)28-15-5-18(25)22-27-14(3)10-32(22)11-15/h5-7,10-13,26H,8-9H2,1-4H3,(H,28,29,30). The van der Waals surface area contributed by atoms with E-state index in [-0.39, 0.29) is 34.9 Å². The first kappa shape index (κ1) is 21.3. The van der Waals surface area contributed by atoms with Crippen LogP contribution in [0.2, 0.25) is 0 Å². The van der Waals surface area contributed by atoms with Crippen molar-refractivity contribution in [2.45, 2.75) is 32.9 Å². The number of ether oxygens (including phenoxy) is 1. The van der Waals surface area contributed by atoms with Gasteiger partial charge < -0.3 is 24.7 Å². The SMILES string of the molecule is COc1nc(Nc2cc(F)c3nc(C)cn3c2)c2c(F)cc(N3CC(C)NC(C)C3)cc2n1. The number of aromatic nitrogens is 4. The summed E-state index contributed by atoms with van der Waals surface area (Å²) in [5, 5.41) is 6.72. The summed E-state index contributed by atoms with van der Waals surface area (Å²) in [7, 11) is 1.45. The monoisotopic (exact) mass is 453 g/mol. The molecule has 1 aromatic carbocycles. The van der Waals surface area contributed by atoms with Gasteiger partial charge in [0.25, 0.3) is 0 Å². The Bertz CT molecular complexity index is 1350. The number of nitrogens with one attached hydrogen (secondary N) is 2. The van der Waals surface area contributed by atoms with Crippen LogP contribution in [-0.2, 0) is 0 Å². The largest absolute Gasteiger partial charge is 0.467 e. The Kier molecular flexibility index (Phi) is 5.24. The lowest BCUT2D eigenvalue weighted by molar-refractivity contribution is 0.382. The van der Waals surface area contributed by atoms with Crippen LogP contribution in [0.3, 0.4) is 0 Å². The molecular formula is C23H25F2N7O. The number of pyridine rings is 1. The van der Waals surface area contributed by atoms with Crippen LogP contribution in [0.25, 0.3) is 16.6 Å². The summed E-state index contributed by atoms with van der Waals surface area (Å²) in [6, 6.07) is 5.28. The van der Waals surface area contributed by atoms with Gasteiger partial charge in [0.1, 0.15) is 11.6 Å². The molecule has 5 rings (SSSR count). The average Bonchev–Trinajstić information content (AvgIpc) is 3.13. The molecule has 33 heavy (non-hydrogen) atoms. The summed E-state index contributed by atoms with van der Waals surface area (Å²) >= 11 is 0. The van der Waals surface area contributed by atoms with E-state index in [9.17, 15) is 4.39 Å². The van der Waals surface area contributed by atoms with E-state index in [0.29, 0.717) is 16.9 Å². The Hall–Kier alpha value is -3.53. The Labute approximate surface area is 189 Å². The molecule has 0 radical (unpaired) electrons. The van der Waals surface area contributed by atoms with E-state index in [4.69, 9.17) is 4.74 Å². The smallest absolute Gasteiger partial charge is 0.318 e. The van der Waals surface area contributed by atoms with E-state index in [1.165, 1.54) is 19.2 Å². The highest BCUT2D eigenvalue weighted by molar-refractivity contribution is 5.93. The number of rotatable bonds is 4. The average molecular weight is 453 g/mol. The Morgan fingerprint density at radius 1 is 1.03 bits per heavy atom. The molecule has 4 heterocycles. The summed E-state index contributed by atoms with van der Waals surface area (Å²) in [4.78, 5) is 15.0. The van der Waals surface area contributed by atoms with E-state index < -0.39 is 11.6 Å². The van der Waals surface area contributed by atoms with Crippen LogP contribution < -0.4 is 20.3 Å². The van der Waals surface area contributed by atoms with Crippen molar-refractivity contribution in [2.24, 2.45) is 0 Å². The van der Waals surface area contributed by atoms with Crippen molar-refractivity contribution in [2.75, 3.05) is 30.4 Å². The molecule has 2 N–H and O–H groups in total. The van der Waals surface area contributed by atoms with E-state index in [0.717, 1.165) is 18.8 Å². The number of benzene rings is 1. The molecular weight excluding hydrogens is 428 g/mol. The molecule has 4 aromatic rings. The summed E-state index contributed by atoms with van der Waals surface area (Å²) in [5.41, 5.74) is 2.45. The minimum Gasteiger partial charge on any atom is -0.467 e. The zero-order valence-electron chi connectivity index (χ0n) is 18.9. The lowest BCUT2D eigenvalue weighted by atomic mass is 10.1. The second-order valence-electron chi connectivity index (χ2n) is 8.57. The third kappa shape index (κ3) is 4.02. The number of aryl methyl sites for hydroxylation is 1. The Morgan fingerprint density at radius 2 is 1.79 bits per heavy atom. The third-order valence-corrected chi connectivity index (χ3v) is 5.71. The highest BCUT2D eigenvalue weighted by Crippen LogP contribution is 2.33. The maximum atomic E-state index is 15.4. The van der Waals surface area contributed by atoms with Gasteiger partial charge in [-0.05, 0) is 32.9 Å². The molecule has 2 unspecified atom stereocenters.